The lowest BCUT2D eigenvalue weighted by Crippen LogP contribution is -2.18. The van der Waals surface area contributed by atoms with Crippen molar-refractivity contribution in [1.29, 1.82) is 0 Å². The van der Waals surface area contributed by atoms with E-state index in [9.17, 15) is 115 Å². The van der Waals surface area contributed by atoms with Crippen LogP contribution in [-0.4, -0.2) is 143 Å². The number of aldehydes is 1. The second kappa shape index (κ2) is 50.6. The Morgan fingerprint density at radius 2 is 0.684 bits per heavy atom. The number of aromatic nitrogens is 8. The van der Waals surface area contributed by atoms with Crippen LogP contribution in [0.5, 0.6) is 0 Å². The minimum Gasteiger partial charge on any atom is -0.477 e. The number of aliphatic hydroxyl groups is 1. The molecule has 2 amide bonds. The summed E-state index contributed by atoms with van der Waals surface area (Å²) >= 11 is 6.51. The third kappa shape index (κ3) is 28.7. The first kappa shape index (κ1) is 107. The van der Waals surface area contributed by atoms with Crippen LogP contribution < -0.4 is 10.6 Å². The summed E-state index contributed by atoms with van der Waals surface area (Å²) in [6.07, 6.45) is -1.55. The molecule has 13 aromatic rings. The van der Waals surface area contributed by atoms with E-state index in [1.807, 2.05) is 23.7 Å². The number of halogens is 16. The van der Waals surface area contributed by atoms with Crippen LogP contribution >= 0.6 is 31.9 Å². The number of carbonyl (C=O) groups is 10. The van der Waals surface area contributed by atoms with Crippen LogP contribution in [0.25, 0.3) is 45.0 Å². The number of nitrogens with one attached hydrogen (secondary N) is 2. The molecular formula is C93H70Br2F14N10O17. The highest BCUT2D eigenvalue weighted by Gasteiger charge is 2.27. The molecule has 0 saturated carbocycles. The van der Waals surface area contributed by atoms with Crippen molar-refractivity contribution in [2.75, 3.05) is 44.7 Å². The Balaban J connectivity index is 0.000000221. The molecule has 4 heterocycles. The molecule has 136 heavy (non-hydrogen) atoms. The van der Waals surface area contributed by atoms with Gasteiger partial charge >= 0.3 is 35.8 Å². The molecule has 0 spiro atoms. The Labute approximate surface area is 778 Å². The van der Waals surface area contributed by atoms with Gasteiger partial charge in [-0.05, 0) is 172 Å². The van der Waals surface area contributed by atoms with Crippen molar-refractivity contribution in [2.45, 2.75) is 26.9 Å². The number of aromatic carboxylic acids is 1. The molecule has 0 fully saturated rings. The first-order valence-electron chi connectivity index (χ1n) is 38.6. The van der Waals surface area contributed by atoms with Crippen LogP contribution in [0, 0.1) is 105 Å². The molecule has 0 radical (unpaired) electrons. The zero-order valence-corrected chi connectivity index (χ0v) is 75.0. The Hall–Kier alpha value is -16.0. The molecule has 4 N–H and O–H groups in total. The molecule has 1 atom stereocenters. The molecule has 0 aliphatic carbocycles. The summed E-state index contributed by atoms with van der Waals surface area (Å²) in [6.45, 7) is 5.29. The van der Waals surface area contributed by atoms with E-state index in [0.717, 1.165) is 102 Å². The monoisotopic (exact) mass is 2020 g/mol. The summed E-state index contributed by atoms with van der Waals surface area (Å²) < 4.78 is 217. The van der Waals surface area contributed by atoms with Gasteiger partial charge in [-0.15, -0.1) is 0 Å². The fourth-order valence-electron chi connectivity index (χ4n) is 11.3. The van der Waals surface area contributed by atoms with E-state index in [2.05, 4.69) is 72.4 Å². The lowest BCUT2D eigenvalue weighted by Gasteiger charge is -2.10. The number of methoxy groups -OCH3 is 2. The van der Waals surface area contributed by atoms with E-state index in [4.69, 9.17) is 19.3 Å². The van der Waals surface area contributed by atoms with Crippen LogP contribution in [0.2, 0.25) is 0 Å². The molecular weight excluding hydrogens is 1950 g/mol. The van der Waals surface area contributed by atoms with E-state index in [1.54, 1.807) is 32.9 Å². The summed E-state index contributed by atoms with van der Waals surface area (Å²) in [5, 5.41) is 39.2. The van der Waals surface area contributed by atoms with Crippen LogP contribution in [0.3, 0.4) is 0 Å². The van der Waals surface area contributed by atoms with Gasteiger partial charge in [0.1, 0.15) is 116 Å². The van der Waals surface area contributed by atoms with Gasteiger partial charge < -0.3 is 44.5 Å². The second-order valence-electron chi connectivity index (χ2n) is 26.5. The fourth-order valence-corrected chi connectivity index (χ4v) is 12.1. The standard InChI is InChI=1S/2C19H14BrF2N3O3.C13H12F2N2O2.C12H10F2O3.C12H8F2O3.C11H8F2N2O2.C7H4F2O/c2*1-25-16(9-15(24-25)17-12(21)4-3-5-13(17)22)18(26)23-14-7-6-10(20)8-11(14)19(27)28-2;1-3-19-13(18)11-7-10(16-17(11)2)12-8(14)5-4-6-9(12)15;2*1-2-17-11(16)7-6-10(15)12-8(13)4-3-5-9(12)14;1-15-9(11(16)17)5-8(14-15)10-6(12)3-2-4-7(10)13;8-6-2-1-3-7(9)5(6)4-10/h2*3-9H,1-2H3,(H,23,26);4-7H,3H2,1-2H3;3-5,10,15H,2H2,1H3;3-5H,2H2,1H3;2-5H,1H3,(H,16,17);1-4H. The predicted octanol–water partition coefficient (Wildman–Crippen LogP) is 18.0. The highest BCUT2D eigenvalue weighted by molar-refractivity contribution is 9.10. The number of carbonyl (C=O) groups excluding carboxylic acids is 9. The summed E-state index contributed by atoms with van der Waals surface area (Å²) in [5.74, 6) is -11.2. The second-order valence-corrected chi connectivity index (χ2v) is 28.3. The normalized spacial score (nSPS) is 10.4. The zero-order valence-electron chi connectivity index (χ0n) is 71.8. The lowest BCUT2D eigenvalue weighted by atomic mass is 10.1. The molecule has 43 heteroatoms. The van der Waals surface area contributed by atoms with Crippen molar-refractivity contribution < 1.29 is 143 Å². The van der Waals surface area contributed by atoms with Gasteiger partial charge in [-0.1, -0.05) is 80.2 Å². The molecule has 4 aromatic heterocycles. The number of benzene rings is 9. The number of hydrogen-bond acceptors (Lipinski definition) is 20. The number of carboxylic acid groups (broad SMARTS) is 1. The number of hydrogen-bond donors (Lipinski definition) is 4. The predicted molar refractivity (Wildman–Crippen MR) is 467 cm³/mol. The van der Waals surface area contributed by atoms with Crippen LogP contribution in [0.1, 0.15) is 116 Å². The quantitative estimate of drug-likeness (QED) is 0.00906. The number of rotatable bonds is 18. The number of carboxylic acids is 1. The van der Waals surface area contributed by atoms with Gasteiger partial charge in [0.25, 0.3) is 11.8 Å². The van der Waals surface area contributed by atoms with Gasteiger partial charge in [0.15, 0.2) is 6.29 Å². The topological polar surface area (TPSA) is 353 Å². The smallest absolute Gasteiger partial charge is 0.384 e. The SMILES string of the molecule is CCOC(=O)C#CC(=O)c1c(F)cccc1F.CCOC(=O)C#CC(O)c1c(F)cccc1F.CCOC(=O)c1cc(-c2c(F)cccc2F)nn1C.COC(=O)c1cc(Br)ccc1NC(=O)c1cc(-c2c(F)cccc2F)nn1C.COC(=O)c1cc(Br)ccc1NC(=O)c1cc(-c2c(F)cccc2F)nn1C.Cn1nc(-c2c(F)cccc2F)cc1C(=O)O.O=Cc1c(F)cccc1F. The van der Waals surface area contributed by atoms with Crippen molar-refractivity contribution in [3.8, 4) is 68.7 Å². The van der Waals surface area contributed by atoms with Gasteiger partial charge in [-0.25, -0.2) is 90.2 Å². The van der Waals surface area contributed by atoms with Crippen molar-refractivity contribution in [3.63, 3.8) is 0 Å². The van der Waals surface area contributed by atoms with Crippen LogP contribution in [-0.2, 0) is 61.5 Å². The molecule has 0 aliphatic heterocycles. The van der Waals surface area contributed by atoms with Crippen LogP contribution in [0.4, 0.5) is 72.8 Å². The summed E-state index contributed by atoms with van der Waals surface area (Å²) in [5.41, 5.74) is -2.27. The number of aliphatic hydroxyl groups excluding tert-OH is 1. The Bertz CT molecular complexity index is 6490. The molecule has 27 nitrogen and oxygen atoms in total. The van der Waals surface area contributed by atoms with Crippen molar-refractivity contribution in [3.05, 3.63) is 329 Å². The van der Waals surface area contributed by atoms with Crippen molar-refractivity contribution >= 4 is 103 Å². The number of ether oxygens (including phenoxy) is 5. The lowest BCUT2D eigenvalue weighted by molar-refractivity contribution is -0.137. The number of anilines is 2. The maximum Gasteiger partial charge on any atom is 0.384 e. The van der Waals surface area contributed by atoms with Crippen LogP contribution in [0.15, 0.2) is 197 Å². The molecule has 0 saturated heterocycles. The first-order valence-corrected chi connectivity index (χ1v) is 40.2. The number of nitrogens with zero attached hydrogens (tertiary/aromatic N) is 8. The molecule has 0 bridgehead atoms. The van der Waals surface area contributed by atoms with E-state index < -0.39 is 158 Å². The van der Waals surface area contributed by atoms with Gasteiger partial charge in [-0.3, -0.25) is 37.9 Å². The Morgan fingerprint density at radius 3 is 0.993 bits per heavy atom. The number of Topliss-reactive ketones (excluding diaryl/α,β-unsaturated/α-hetero) is 1. The number of esters is 5. The molecule has 13 rings (SSSR count). The van der Waals surface area contributed by atoms with Gasteiger partial charge in [0.05, 0.1) is 113 Å². The highest BCUT2D eigenvalue weighted by Crippen LogP contribution is 2.33. The summed E-state index contributed by atoms with van der Waals surface area (Å²) in [4.78, 5) is 115. The Morgan fingerprint density at radius 1 is 0.390 bits per heavy atom. The average molecular weight is 2030 g/mol. The third-order valence-corrected chi connectivity index (χ3v) is 18.5. The minimum absolute atomic E-state index is 0.0211. The van der Waals surface area contributed by atoms with E-state index in [1.165, 1.54) is 135 Å². The van der Waals surface area contributed by atoms with E-state index >= 15 is 0 Å². The summed E-state index contributed by atoms with van der Waals surface area (Å²) in [6, 6.07) is 37.6. The zero-order chi connectivity index (χ0) is 101. The molecule has 9 aromatic carbocycles. The molecule has 706 valence electrons. The molecule has 1 unspecified atom stereocenters. The van der Waals surface area contributed by atoms with E-state index in [-0.39, 0.29) is 116 Å². The summed E-state index contributed by atoms with van der Waals surface area (Å²) in [7, 11) is 8.30. The van der Waals surface area contributed by atoms with E-state index in [0.29, 0.717) is 8.95 Å². The number of aryl methyl sites for hydroxylation is 4. The minimum atomic E-state index is -1.71. The first-order chi connectivity index (χ1) is 64.5. The highest BCUT2D eigenvalue weighted by atomic mass is 79.9. The largest absolute Gasteiger partial charge is 0.477 e. The van der Waals surface area contributed by atoms with Crippen molar-refractivity contribution in [2.24, 2.45) is 28.2 Å². The van der Waals surface area contributed by atoms with Crippen molar-refractivity contribution in [1.82, 2.24) is 39.1 Å². The van der Waals surface area contributed by atoms with Gasteiger partial charge in [0, 0.05) is 49.0 Å². The Kier molecular flexibility index (Phi) is 39.8. The fraction of sp³-hybridized carbons (Fsp3) is 0.140. The molecule has 0 aliphatic rings. The van der Waals surface area contributed by atoms with Gasteiger partial charge in [0.2, 0.25) is 5.78 Å². The maximum absolute atomic E-state index is 14.0. The third-order valence-electron chi connectivity index (χ3n) is 17.6. The maximum atomic E-state index is 14.0. The number of ketones is 1. The average Bonchev–Trinajstić information content (AvgIpc) is 1.66. The van der Waals surface area contributed by atoms with Gasteiger partial charge in [-0.2, -0.15) is 20.4 Å². The number of amides is 2.